The third kappa shape index (κ3) is 5.80. The Hall–Kier alpha value is -1.35. The first kappa shape index (κ1) is 18.7. The number of ether oxygens (including phenoxy) is 1. The van der Waals surface area contributed by atoms with E-state index < -0.39 is 15.9 Å². The quantitative estimate of drug-likeness (QED) is 0.633. The average molecular weight is 351 g/mol. The zero-order chi connectivity index (χ0) is 16.8. The van der Waals surface area contributed by atoms with E-state index in [1.54, 1.807) is 13.8 Å². The lowest BCUT2D eigenvalue weighted by atomic mass is 10.3. The van der Waals surface area contributed by atoms with Gasteiger partial charge in [-0.1, -0.05) is 11.6 Å². The lowest BCUT2D eigenvalue weighted by Crippen LogP contribution is -2.31. The van der Waals surface area contributed by atoms with Gasteiger partial charge in [-0.3, -0.25) is 4.79 Å². The minimum absolute atomic E-state index is 0.0169. The largest absolute Gasteiger partial charge is 0.482 e. The van der Waals surface area contributed by atoms with E-state index in [0.717, 1.165) is 0 Å². The van der Waals surface area contributed by atoms with Gasteiger partial charge in [-0.2, -0.15) is 0 Å². The van der Waals surface area contributed by atoms with Gasteiger partial charge in [0.25, 0.3) is 5.91 Å². The van der Waals surface area contributed by atoms with Crippen LogP contribution in [0.15, 0.2) is 23.1 Å². The molecular weight excluding hydrogens is 332 g/mol. The van der Waals surface area contributed by atoms with Crippen molar-refractivity contribution < 1.29 is 23.1 Å². The molecule has 0 heterocycles. The number of hydrogen-bond acceptors (Lipinski definition) is 5. The van der Waals surface area contributed by atoms with Gasteiger partial charge < -0.3 is 15.2 Å². The summed E-state index contributed by atoms with van der Waals surface area (Å²) in [6.45, 7) is 3.11. The lowest BCUT2D eigenvalue weighted by Gasteiger charge is -2.12. The van der Waals surface area contributed by atoms with Crippen molar-refractivity contribution >= 4 is 27.5 Å². The van der Waals surface area contributed by atoms with Crippen LogP contribution in [-0.2, 0) is 14.8 Å². The zero-order valence-corrected chi connectivity index (χ0v) is 13.9. The first-order valence-corrected chi connectivity index (χ1v) is 8.44. The highest BCUT2D eigenvalue weighted by molar-refractivity contribution is 7.89. The molecule has 0 aromatic heterocycles. The van der Waals surface area contributed by atoms with Gasteiger partial charge in [0, 0.05) is 12.6 Å². The van der Waals surface area contributed by atoms with E-state index in [1.165, 1.54) is 18.2 Å². The number of hydrogen-bond donors (Lipinski definition) is 3. The van der Waals surface area contributed by atoms with Crippen LogP contribution in [0.5, 0.6) is 5.75 Å². The maximum absolute atomic E-state index is 12.0. The fraction of sp³-hybridized carbons (Fsp3) is 0.462. The topological polar surface area (TPSA) is 105 Å². The maximum Gasteiger partial charge on any atom is 0.258 e. The molecule has 0 radical (unpaired) electrons. The van der Waals surface area contributed by atoms with Crippen LogP contribution in [0.1, 0.15) is 13.8 Å². The first-order chi connectivity index (χ1) is 10.3. The lowest BCUT2D eigenvalue weighted by molar-refractivity contribution is -0.123. The van der Waals surface area contributed by atoms with E-state index in [1.807, 2.05) is 0 Å². The monoisotopic (exact) mass is 350 g/mol. The number of sulfonamides is 1. The molecule has 0 spiro atoms. The van der Waals surface area contributed by atoms with Gasteiger partial charge in [0.15, 0.2) is 6.61 Å². The third-order valence-electron chi connectivity index (χ3n) is 2.40. The number of aliphatic hydroxyl groups is 1. The molecule has 3 N–H and O–H groups in total. The van der Waals surface area contributed by atoms with Crippen molar-refractivity contribution in [2.45, 2.75) is 24.8 Å². The van der Waals surface area contributed by atoms with E-state index >= 15 is 0 Å². The minimum Gasteiger partial charge on any atom is -0.482 e. The smallest absolute Gasteiger partial charge is 0.258 e. The second-order valence-electron chi connectivity index (χ2n) is 4.73. The van der Waals surface area contributed by atoms with Gasteiger partial charge in [0.2, 0.25) is 10.0 Å². The fourth-order valence-electron chi connectivity index (χ4n) is 1.53. The van der Waals surface area contributed by atoms with Gasteiger partial charge >= 0.3 is 0 Å². The normalized spacial score (nSPS) is 11.5. The molecule has 0 aliphatic rings. The molecule has 1 rings (SSSR count). The number of carbonyl (C=O) groups excluding carboxylic acids is 1. The third-order valence-corrected chi connectivity index (χ3v) is 4.35. The number of halogens is 1. The van der Waals surface area contributed by atoms with Gasteiger partial charge in [-0.05, 0) is 32.0 Å². The van der Waals surface area contributed by atoms with E-state index in [9.17, 15) is 13.2 Å². The molecule has 22 heavy (non-hydrogen) atoms. The molecule has 9 heteroatoms. The van der Waals surface area contributed by atoms with Crippen LogP contribution in [0.3, 0.4) is 0 Å². The van der Waals surface area contributed by atoms with Crippen LogP contribution in [0, 0.1) is 0 Å². The number of nitrogens with one attached hydrogen (secondary N) is 2. The molecule has 1 amide bonds. The summed E-state index contributed by atoms with van der Waals surface area (Å²) in [6, 6.07) is 3.75. The molecule has 0 fully saturated rings. The van der Waals surface area contributed by atoms with Gasteiger partial charge in [-0.15, -0.1) is 0 Å². The van der Waals surface area contributed by atoms with E-state index in [2.05, 4.69) is 10.0 Å². The second-order valence-corrected chi connectivity index (χ2v) is 6.85. The van der Waals surface area contributed by atoms with Crippen LogP contribution < -0.4 is 14.8 Å². The van der Waals surface area contributed by atoms with Crippen molar-refractivity contribution in [3.05, 3.63) is 23.2 Å². The van der Waals surface area contributed by atoms with Crippen molar-refractivity contribution in [1.82, 2.24) is 10.0 Å². The number of aliphatic hydroxyl groups excluding tert-OH is 1. The van der Waals surface area contributed by atoms with Crippen LogP contribution in [0.25, 0.3) is 0 Å². The molecular formula is C13H19ClN2O5S. The Balaban J connectivity index is 2.76. The molecule has 124 valence electrons. The highest BCUT2D eigenvalue weighted by Crippen LogP contribution is 2.27. The van der Waals surface area contributed by atoms with Gasteiger partial charge in [0.05, 0.1) is 16.5 Å². The Labute approximate surface area is 134 Å². The highest BCUT2D eigenvalue weighted by atomic mass is 35.5. The number of rotatable bonds is 8. The van der Waals surface area contributed by atoms with Crippen LogP contribution in [-0.4, -0.2) is 45.2 Å². The Kier molecular flexibility index (Phi) is 7.08. The van der Waals surface area contributed by atoms with Crippen molar-refractivity contribution in [2.24, 2.45) is 0 Å². The molecule has 0 bridgehead atoms. The van der Waals surface area contributed by atoms with Gasteiger partial charge in [-0.25, -0.2) is 13.1 Å². The number of amides is 1. The standard InChI is InChI=1S/C13H19ClN2O5S/c1-9(2)16-22(19,20)10-3-4-12(11(14)7-10)21-8-13(18)15-5-6-17/h3-4,7,9,16-17H,5-6,8H2,1-2H3,(H,15,18). The van der Waals surface area contributed by atoms with Crippen molar-refractivity contribution in [3.63, 3.8) is 0 Å². The molecule has 1 aromatic carbocycles. The molecule has 0 saturated carbocycles. The summed E-state index contributed by atoms with van der Waals surface area (Å²) >= 11 is 5.97. The molecule has 0 saturated heterocycles. The first-order valence-electron chi connectivity index (χ1n) is 6.58. The minimum atomic E-state index is -3.64. The van der Waals surface area contributed by atoms with Crippen molar-refractivity contribution in [2.75, 3.05) is 19.8 Å². The van der Waals surface area contributed by atoms with E-state index in [-0.39, 0.29) is 41.5 Å². The molecule has 0 unspecified atom stereocenters. The summed E-state index contributed by atoms with van der Waals surface area (Å²) in [7, 11) is -3.64. The Bertz CT molecular complexity index is 619. The fourth-order valence-corrected chi connectivity index (χ4v) is 3.11. The van der Waals surface area contributed by atoms with E-state index in [4.69, 9.17) is 21.4 Å². The molecule has 0 aliphatic heterocycles. The van der Waals surface area contributed by atoms with Gasteiger partial charge in [0.1, 0.15) is 5.75 Å². The second kappa shape index (κ2) is 8.33. The summed E-state index contributed by atoms with van der Waals surface area (Å²) in [4.78, 5) is 11.4. The predicted molar refractivity (Wildman–Crippen MR) is 82.5 cm³/mol. The summed E-state index contributed by atoms with van der Waals surface area (Å²) in [5.41, 5.74) is 0. The number of benzene rings is 1. The molecule has 0 aliphatic carbocycles. The highest BCUT2D eigenvalue weighted by Gasteiger charge is 2.17. The van der Waals surface area contributed by atoms with E-state index in [0.29, 0.717) is 0 Å². The van der Waals surface area contributed by atoms with Crippen molar-refractivity contribution in [3.8, 4) is 5.75 Å². The predicted octanol–water partition coefficient (Wildman–Crippen LogP) is 0.514. The number of carbonyl (C=O) groups is 1. The Morgan fingerprint density at radius 2 is 2.09 bits per heavy atom. The Morgan fingerprint density at radius 3 is 2.64 bits per heavy atom. The van der Waals surface area contributed by atoms with Crippen LogP contribution >= 0.6 is 11.6 Å². The SMILES string of the molecule is CC(C)NS(=O)(=O)c1ccc(OCC(=O)NCCO)c(Cl)c1. The summed E-state index contributed by atoms with van der Waals surface area (Å²) < 4.78 is 31.6. The molecule has 0 atom stereocenters. The summed E-state index contributed by atoms with van der Waals surface area (Å²) in [5, 5.41) is 11.1. The average Bonchev–Trinajstić information content (AvgIpc) is 2.42. The zero-order valence-electron chi connectivity index (χ0n) is 12.3. The Morgan fingerprint density at radius 1 is 1.41 bits per heavy atom. The summed E-state index contributed by atoms with van der Waals surface area (Å²) in [6.07, 6.45) is 0. The molecule has 1 aromatic rings. The summed E-state index contributed by atoms with van der Waals surface area (Å²) in [5.74, 6) is -0.215. The maximum atomic E-state index is 12.0. The van der Waals surface area contributed by atoms with Crippen LogP contribution in [0.4, 0.5) is 0 Å². The van der Waals surface area contributed by atoms with Crippen molar-refractivity contribution in [1.29, 1.82) is 0 Å². The van der Waals surface area contributed by atoms with Crippen LogP contribution in [0.2, 0.25) is 5.02 Å². The molecule has 7 nitrogen and oxygen atoms in total.